The molecule has 118 valence electrons. The van der Waals surface area contributed by atoms with Gasteiger partial charge in [0.15, 0.2) is 0 Å². The fourth-order valence-corrected chi connectivity index (χ4v) is 5.88. The van der Waals surface area contributed by atoms with Crippen molar-refractivity contribution in [1.82, 2.24) is 5.32 Å². The van der Waals surface area contributed by atoms with Crippen LogP contribution in [-0.2, 0) is 4.79 Å². The summed E-state index contributed by atoms with van der Waals surface area (Å²) in [4.78, 5) is 23.5. The van der Waals surface area contributed by atoms with Gasteiger partial charge in [-0.15, -0.1) is 23.5 Å². The molecule has 1 saturated carbocycles. The highest BCUT2D eigenvalue weighted by Crippen LogP contribution is 2.45. The summed E-state index contributed by atoms with van der Waals surface area (Å²) in [5.41, 5.74) is 1.85. The van der Waals surface area contributed by atoms with E-state index < -0.39 is 11.9 Å². The predicted octanol–water partition coefficient (Wildman–Crippen LogP) is 3.15. The van der Waals surface area contributed by atoms with Crippen molar-refractivity contribution >= 4 is 35.4 Å². The molecular weight excluding hydrogens is 318 g/mol. The number of hydrogen-bond acceptors (Lipinski definition) is 4. The molecule has 6 heteroatoms. The van der Waals surface area contributed by atoms with Gasteiger partial charge in [-0.2, -0.15) is 0 Å². The van der Waals surface area contributed by atoms with Crippen molar-refractivity contribution in [3.8, 4) is 0 Å². The Morgan fingerprint density at radius 2 is 1.77 bits per heavy atom. The average Bonchev–Trinajstić information content (AvgIpc) is 3.18. The van der Waals surface area contributed by atoms with Crippen molar-refractivity contribution in [2.75, 3.05) is 11.5 Å². The third kappa shape index (κ3) is 3.43. The molecule has 2 atom stereocenters. The SMILES string of the molecule is O=C(N[C@H]1CCC[C@H]1C(=O)O)c1ccc(C2SCCS2)cc1. The fourth-order valence-electron chi connectivity index (χ4n) is 3.02. The van der Waals surface area contributed by atoms with E-state index >= 15 is 0 Å². The lowest BCUT2D eigenvalue weighted by atomic mass is 10.0. The van der Waals surface area contributed by atoms with Gasteiger partial charge in [0, 0.05) is 23.1 Å². The standard InChI is InChI=1S/C16H19NO3S2/c18-14(17-13-3-1-2-12(13)15(19)20)10-4-6-11(7-5-10)16-21-8-9-22-16/h4-7,12-13,16H,1-3,8-9H2,(H,17,18)(H,19,20)/t12-,13+/m1/s1. The van der Waals surface area contributed by atoms with E-state index in [-0.39, 0.29) is 11.9 Å². The van der Waals surface area contributed by atoms with Gasteiger partial charge in [-0.25, -0.2) is 0 Å². The molecular formula is C16H19NO3S2. The zero-order valence-electron chi connectivity index (χ0n) is 12.2. The zero-order chi connectivity index (χ0) is 15.5. The third-order valence-corrected chi connectivity index (χ3v) is 7.32. The fraction of sp³-hybridized carbons (Fsp3) is 0.500. The number of carbonyl (C=O) groups excluding carboxylic acids is 1. The van der Waals surface area contributed by atoms with E-state index in [1.54, 1.807) is 0 Å². The van der Waals surface area contributed by atoms with E-state index in [2.05, 4.69) is 5.32 Å². The van der Waals surface area contributed by atoms with E-state index in [1.807, 2.05) is 47.8 Å². The zero-order valence-corrected chi connectivity index (χ0v) is 13.8. The summed E-state index contributed by atoms with van der Waals surface area (Å²) in [5.74, 6) is 0.922. The quantitative estimate of drug-likeness (QED) is 0.883. The number of amides is 1. The van der Waals surface area contributed by atoms with Crippen LogP contribution < -0.4 is 5.32 Å². The largest absolute Gasteiger partial charge is 0.481 e. The topological polar surface area (TPSA) is 66.4 Å². The van der Waals surface area contributed by atoms with Crippen LogP contribution in [0.4, 0.5) is 0 Å². The number of thioether (sulfide) groups is 2. The molecule has 1 aromatic carbocycles. The second-order valence-electron chi connectivity index (χ2n) is 5.65. The number of rotatable bonds is 4. The normalized spacial score (nSPS) is 25.3. The summed E-state index contributed by atoms with van der Waals surface area (Å²) in [7, 11) is 0. The minimum Gasteiger partial charge on any atom is -0.481 e. The molecule has 1 saturated heterocycles. The maximum atomic E-state index is 12.3. The maximum absolute atomic E-state index is 12.3. The molecule has 2 fully saturated rings. The summed E-state index contributed by atoms with van der Waals surface area (Å²) >= 11 is 3.87. The molecule has 22 heavy (non-hydrogen) atoms. The molecule has 0 radical (unpaired) electrons. The van der Waals surface area contributed by atoms with Crippen LogP contribution >= 0.6 is 23.5 Å². The molecule has 2 aliphatic rings. The van der Waals surface area contributed by atoms with Crippen LogP contribution in [-0.4, -0.2) is 34.5 Å². The first-order valence-corrected chi connectivity index (χ1v) is 9.62. The Labute approximate surface area is 138 Å². The number of benzene rings is 1. The Morgan fingerprint density at radius 3 is 2.41 bits per heavy atom. The summed E-state index contributed by atoms with van der Waals surface area (Å²) in [6.45, 7) is 0. The molecule has 1 heterocycles. The van der Waals surface area contributed by atoms with Gasteiger partial charge >= 0.3 is 5.97 Å². The Morgan fingerprint density at radius 1 is 1.09 bits per heavy atom. The maximum Gasteiger partial charge on any atom is 0.308 e. The molecule has 1 aliphatic heterocycles. The first-order valence-electron chi connectivity index (χ1n) is 7.52. The lowest BCUT2D eigenvalue weighted by molar-refractivity contribution is -0.142. The molecule has 1 amide bonds. The lowest BCUT2D eigenvalue weighted by Gasteiger charge is -2.17. The van der Waals surface area contributed by atoms with E-state index in [0.29, 0.717) is 16.6 Å². The van der Waals surface area contributed by atoms with Crippen molar-refractivity contribution in [2.24, 2.45) is 5.92 Å². The van der Waals surface area contributed by atoms with Crippen molar-refractivity contribution in [3.63, 3.8) is 0 Å². The van der Waals surface area contributed by atoms with Crippen LogP contribution in [0, 0.1) is 5.92 Å². The smallest absolute Gasteiger partial charge is 0.308 e. The Bertz CT molecular complexity index is 555. The van der Waals surface area contributed by atoms with Gasteiger partial charge in [-0.05, 0) is 30.5 Å². The second kappa shape index (κ2) is 6.96. The van der Waals surface area contributed by atoms with Gasteiger partial charge in [0.1, 0.15) is 0 Å². The average molecular weight is 337 g/mol. The molecule has 0 aromatic heterocycles. The minimum atomic E-state index is -0.812. The van der Waals surface area contributed by atoms with Gasteiger partial charge in [0.25, 0.3) is 5.91 Å². The number of aliphatic carboxylic acids is 1. The van der Waals surface area contributed by atoms with Crippen molar-refractivity contribution in [2.45, 2.75) is 29.9 Å². The van der Waals surface area contributed by atoms with E-state index in [9.17, 15) is 9.59 Å². The molecule has 1 aromatic rings. The lowest BCUT2D eigenvalue weighted by Crippen LogP contribution is -2.40. The van der Waals surface area contributed by atoms with Crippen LogP contribution in [0.25, 0.3) is 0 Å². The summed E-state index contributed by atoms with van der Waals surface area (Å²) < 4.78 is 0.475. The Kier molecular flexibility index (Phi) is 4.98. The van der Waals surface area contributed by atoms with Gasteiger partial charge < -0.3 is 10.4 Å². The third-order valence-electron chi connectivity index (χ3n) is 4.22. The number of nitrogens with one attached hydrogen (secondary N) is 1. The number of hydrogen-bond donors (Lipinski definition) is 2. The highest BCUT2D eigenvalue weighted by Gasteiger charge is 2.34. The van der Waals surface area contributed by atoms with Crippen LogP contribution in [0.2, 0.25) is 0 Å². The number of carboxylic acids is 1. The van der Waals surface area contributed by atoms with Crippen molar-refractivity contribution < 1.29 is 14.7 Å². The van der Waals surface area contributed by atoms with E-state index in [1.165, 1.54) is 17.1 Å². The summed E-state index contributed by atoms with van der Waals surface area (Å²) in [6.07, 6.45) is 2.25. The molecule has 0 unspecified atom stereocenters. The van der Waals surface area contributed by atoms with E-state index in [4.69, 9.17) is 5.11 Å². The summed E-state index contributed by atoms with van der Waals surface area (Å²) in [5, 5.41) is 12.1. The highest BCUT2D eigenvalue weighted by atomic mass is 32.2. The van der Waals surface area contributed by atoms with Gasteiger partial charge in [-0.3, -0.25) is 9.59 Å². The monoisotopic (exact) mass is 337 g/mol. The Balaban J connectivity index is 1.63. The molecule has 0 spiro atoms. The molecule has 2 N–H and O–H groups in total. The van der Waals surface area contributed by atoms with Crippen LogP contribution in [0.15, 0.2) is 24.3 Å². The first kappa shape index (κ1) is 15.7. The van der Waals surface area contributed by atoms with Gasteiger partial charge in [-0.1, -0.05) is 18.6 Å². The molecule has 0 bridgehead atoms. The Hall–Kier alpha value is -1.14. The summed E-state index contributed by atoms with van der Waals surface area (Å²) in [6, 6.07) is 7.46. The molecule has 3 rings (SSSR count). The number of carbonyl (C=O) groups is 2. The minimum absolute atomic E-state index is 0.170. The van der Waals surface area contributed by atoms with Crippen LogP contribution in [0.3, 0.4) is 0 Å². The van der Waals surface area contributed by atoms with Gasteiger partial charge in [0.05, 0.1) is 10.5 Å². The number of carboxylic acid groups (broad SMARTS) is 1. The van der Waals surface area contributed by atoms with Crippen LogP contribution in [0.1, 0.15) is 39.8 Å². The van der Waals surface area contributed by atoms with E-state index in [0.717, 1.165) is 12.8 Å². The molecule has 1 aliphatic carbocycles. The second-order valence-corrected chi connectivity index (χ2v) is 8.38. The highest BCUT2D eigenvalue weighted by molar-refractivity contribution is 8.19. The predicted molar refractivity (Wildman–Crippen MR) is 90.3 cm³/mol. The van der Waals surface area contributed by atoms with Gasteiger partial charge in [0.2, 0.25) is 0 Å². The first-order chi connectivity index (χ1) is 10.6. The van der Waals surface area contributed by atoms with Crippen LogP contribution in [0.5, 0.6) is 0 Å². The van der Waals surface area contributed by atoms with Crippen molar-refractivity contribution in [3.05, 3.63) is 35.4 Å². The van der Waals surface area contributed by atoms with Crippen molar-refractivity contribution in [1.29, 1.82) is 0 Å². The molecule has 4 nitrogen and oxygen atoms in total.